The maximum atomic E-state index is 13.6. The van der Waals surface area contributed by atoms with Crippen molar-refractivity contribution >= 4 is 41.5 Å². The zero-order valence-corrected chi connectivity index (χ0v) is 28.1. The molecule has 2 rings (SSSR count). The molecule has 266 valence electrons. The van der Waals surface area contributed by atoms with Crippen molar-refractivity contribution in [2.75, 3.05) is 19.7 Å². The van der Waals surface area contributed by atoms with Gasteiger partial charge in [-0.1, -0.05) is 13.8 Å². The Morgan fingerprint density at radius 3 is 2.26 bits per heavy atom. The first-order valence-corrected chi connectivity index (χ1v) is 16.1. The Kier molecular flexibility index (Phi) is 15.0. The molecule has 0 aromatic carbocycles. The van der Waals surface area contributed by atoms with Crippen LogP contribution >= 0.6 is 0 Å². The highest BCUT2D eigenvalue weighted by atomic mass is 16.6. The molecule has 2 fully saturated rings. The van der Waals surface area contributed by atoms with Crippen LogP contribution in [0.4, 0.5) is 4.79 Å². The van der Waals surface area contributed by atoms with E-state index >= 15 is 0 Å². The van der Waals surface area contributed by atoms with Gasteiger partial charge in [-0.25, -0.2) is 9.59 Å². The van der Waals surface area contributed by atoms with Crippen LogP contribution in [0.2, 0.25) is 0 Å². The minimum atomic E-state index is -1.36. The Morgan fingerprint density at radius 2 is 1.62 bits per heavy atom. The van der Waals surface area contributed by atoms with Gasteiger partial charge in [-0.2, -0.15) is 0 Å². The van der Waals surface area contributed by atoms with Crippen molar-refractivity contribution in [3.8, 4) is 0 Å². The highest BCUT2D eigenvalue weighted by Gasteiger charge is 2.40. The second kappa shape index (κ2) is 17.9. The lowest BCUT2D eigenvalue weighted by Gasteiger charge is -2.31. The SMILES string of the molecule is CC(C)COC(=O)N[C@H]1CCC(O)C(O)CCCC(C(=O)C(=O)NCC(=O)N[C@@H](C)C(=O)OC(C)(C)C)NC(=O)[C@@H]2CCCN2C1=O. The van der Waals surface area contributed by atoms with Gasteiger partial charge in [0, 0.05) is 6.54 Å². The minimum Gasteiger partial charge on any atom is -0.458 e. The van der Waals surface area contributed by atoms with Gasteiger partial charge in [0.15, 0.2) is 0 Å². The fourth-order valence-corrected chi connectivity index (χ4v) is 5.12. The van der Waals surface area contributed by atoms with E-state index in [-0.39, 0.29) is 57.6 Å². The molecular formula is C31H51N5O11. The summed E-state index contributed by atoms with van der Waals surface area (Å²) in [5.41, 5.74) is -0.774. The van der Waals surface area contributed by atoms with E-state index in [4.69, 9.17) is 9.47 Å². The zero-order chi connectivity index (χ0) is 35.5. The predicted octanol–water partition coefficient (Wildman–Crippen LogP) is -0.569. The number of alkyl carbamates (subject to hydrolysis) is 1. The van der Waals surface area contributed by atoms with Crippen LogP contribution in [0.5, 0.6) is 0 Å². The first-order chi connectivity index (χ1) is 21.9. The molecule has 6 atom stereocenters. The number of hydrogen-bond acceptors (Lipinski definition) is 11. The number of amides is 5. The van der Waals surface area contributed by atoms with Crippen molar-refractivity contribution in [1.29, 1.82) is 0 Å². The molecule has 47 heavy (non-hydrogen) atoms. The first-order valence-electron chi connectivity index (χ1n) is 16.1. The van der Waals surface area contributed by atoms with Crippen LogP contribution in [0, 0.1) is 5.92 Å². The second-order valence-electron chi connectivity index (χ2n) is 13.5. The summed E-state index contributed by atoms with van der Waals surface area (Å²) in [7, 11) is 0. The van der Waals surface area contributed by atoms with Gasteiger partial charge in [-0.3, -0.25) is 24.0 Å². The summed E-state index contributed by atoms with van der Waals surface area (Å²) in [5, 5.41) is 30.8. The number of ether oxygens (including phenoxy) is 2. The number of carbonyl (C=O) groups excluding carboxylic acids is 7. The summed E-state index contributed by atoms with van der Waals surface area (Å²) in [5.74, 6) is -4.88. The van der Waals surface area contributed by atoms with Crippen molar-refractivity contribution in [3.05, 3.63) is 0 Å². The van der Waals surface area contributed by atoms with Crippen LogP contribution in [0.1, 0.15) is 86.5 Å². The molecule has 2 aliphatic rings. The quantitative estimate of drug-likeness (QED) is 0.135. The molecule has 0 spiro atoms. The van der Waals surface area contributed by atoms with Crippen molar-refractivity contribution in [1.82, 2.24) is 26.2 Å². The summed E-state index contributed by atoms with van der Waals surface area (Å²) in [4.78, 5) is 91.2. The van der Waals surface area contributed by atoms with E-state index in [9.17, 15) is 43.8 Å². The Bertz CT molecular complexity index is 1160. The molecule has 5 amide bonds. The molecule has 16 nitrogen and oxygen atoms in total. The zero-order valence-electron chi connectivity index (χ0n) is 28.1. The third-order valence-corrected chi connectivity index (χ3v) is 7.57. The standard InChI is InChI=1S/C31H51N5O11/c1-17(2)16-46-30(45)35-20-12-13-23(38)22(37)11-7-9-19(34-26(41)21-10-8-14-36(21)28(20)43)25(40)27(42)32-15-24(39)33-18(3)29(44)47-31(4,5)6/h17-23,37-38H,7-16H2,1-6H3,(H,32,42)(H,33,39)(H,34,41)(H,35,45)/t18-,19?,20-,21-,22?,23?/m0/s1. The number of nitrogens with one attached hydrogen (secondary N) is 4. The van der Waals surface area contributed by atoms with Gasteiger partial charge < -0.3 is 45.9 Å². The number of nitrogens with zero attached hydrogens (tertiary/aromatic N) is 1. The molecule has 2 heterocycles. The number of Topliss-reactive ketones (excluding diaryl/α,β-unsaturated/α-hetero) is 1. The third kappa shape index (κ3) is 13.1. The maximum absolute atomic E-state index is 13.6. The molecule has 16 heteroatoms. The van der Waals surface area contributed by atoms with Gasteiger partial charge in [0.05, 0.1) is 31.4 Å². The Balaban J connectivity index is 2.15. The van der Waals surface area contributed by atoms with Crippen molar-refractivity contribution in [2.45, 2.75) is 128 Å². The van der Waals surface area contributed by atoms with Crippen LogP contribution in [0.25, 0.3) is 0 Å². The van der Waals surface area contributed by atoms with E-state index in [0.29, 0.717) is 6.42 Å². The highest BCUT2D eigenvalue weighted by molar-refractivity contribution is 6.38. The van der Waals surface area contributed by atoms with Crippen LogP contribution in [-0.4, -0.2) is 118 Å². The maximum Gasteiger partial charge on any atom is 0.407 e. The predicted molar refractivity (Wildman–Crippen MR) is 166 cm³/mol. The normalized spacial score (nSPS) is 25.0. The largest absolute Gasteiger partial charge is 0.458 e. The Hall–Kier alpha value is -3.79. The number of fused-ring (bicyclic) bond motifs is 1. The molecule has 2 saturated heterocycles. The number of aliphatic hydroxyl groups is 2. The number of esters is 1. The molecule has 0 saturated carbocycles. The number of hydrogen-bond donors (Lipinski definition) is 6. The fraction of sp³-hybridized carbons (Fsp3) is 0.774. The first kappa shape index (κ1) is 39.4. The van der Waals surface area contributed by atoms with Gasteiger partial charge in [0.2, 0.25) is 23.5 Å². The van der Waals surface area contributed by atoms with E-state index < -0.39 is 90.0 Å². The van der Waals surface area contributed by atoms with E-state index in [1.165, 1.54) is 11.8 Å². The van der Waals surface area contributed by atoms with Crippen molar-refractivity contribution in [2.24, 2.45) is 5.92 Å². The Morgan fingerprint density at radius 1 is 0.957 bits per heavy atom. The second-order valence-corrected chi connectivity index (χ2v) is 13.5. The summed E-state index contributed by atoms with van der Waals surface area (Å²) in [6.45, 7) is 9.77. The van der Waals surface area contributed by atoms with Crippen LogP contribution in [0.3, 0.4) is 0 Å². The summed E-state index contributed by atoms with van der Waals surface area (Å²) in [6, 6.07) is -4.53. The topological polar surface area (TPSA) is 230 Å². The highest BCUT2D eigenvalue weighted by Crippen LogP contribution is 2.22. The Labute approximate surface area is 275 Å². The molecule has 3 unspecified atom stereocenters. The van der Waals surface area contributed by atoms with Gasteiger partial charge in [0.25, 0.3) is 5.91 Å². The van der Waals surface area contributed by atoms with Crippen molar-refractivity contribution < 1.29 is 53.2 Å². The lowest BCUT2D eigenvalue weighted by molar-refractivity contribution is -0.158. The average Bonchev–Trinajstić information content (AvgIpc) is 3.48. The van der Waals surface area contributed by atoms with Gasteiger partial charge >= 0.3 is 12.1 Å². The smallest absolute Gasteiger partial charge is 0.407 e. The molecule has 0 aromatic heterocycles. The third-order valence-electron chi connectivity index (χ3n) is 7.57. The fourth-order valence-electron chi connectivity index (χ4n) is 5.12. The van der Waals surface area contributed by atoms with E-state index in [0.717, 1.165) is 0 Å². The van der Waals surface area contributed by atoms with Crippen molar-refractivity contribution in [3.63, 3.8) is 0 Å². The summed E-state index contributed by atoms with van der Waals surface area (Å²) < 4.78 is 10.4. The number of carbonyl (C=O) groups is 7. The summed E-state index contributed by atoms with van der Waals surface area (Å²) in [6.07, 6.45) is -2.62. The van der Waals surface area contributed by atoms with Gasteiger partial charge in [0.1, 0.15) is 23.7 Å². The molecular weight excluding hydrogens is 618 g/mol. The lowest BCUT2D eigenvalue weighted by Crippen LogP contribution is -2.57. The molecule has 0 radical (unpaired) electrons. The van der Waals surface area contributed by atoms with E-state index in [1.54, 1.807) is 20.8 Å². The number of rotatable bonds is 9. The van der Waals surface area contributed by atoms with Crippen LogP contribution < -0.4 is 21.3 Å². The molecule has 0 aliphatic carbocycles. The van der Waals surface area contributed by atoms with Crippen LogP contribution in [0.15, 0.2) is 0 Å². The van der Waals surface area contributed by atoms with Crippen LogP contribution in [-0.2, 0) is 38.2 Å². The average molecular weight is 670 g/mol. The lowest BCUT2D eigenvalue weighted by atomic mass is 9.96. The van der Waals surface area contributed by atoms with E-state index in [1.807, 2.05) is 13.8 Å². The summed E-state index contributed by atoms with van der Waals surface area (Å²) >= 11 is 0. The minimum absolute atomic E-state index is 0.00538. The number of ketones is 1. The van der Waals surface area contributed by atoms with Gasteiger partial charge in [-0.15, -0.1) is 0 Å². The molecule has 6 N–H and O–H groups in total. The molecule has 0 bridgehead atoms. The van der Waals surface area contributed by atoms with Gasteiger partial charge in [-0.05, 0) is 78.6 Å². The monoisotopic (exact) mass is 669 g/mol. The molecule has 0 aromatic rings. The van der Waals surface area contributed by atoms with E-state index in [2.05, 4.69) is 21.3 Å². The molecule has 2 aliphatic heterocycles. The number of aliphatic hydroxyl groups excluding tert-OH is 2.